The zero-order valence-electron chi connectivity index (χ0n) is 8.83. The fourth-order valence-electron chi connectivity index (χ4n) is 2.01. The van der Waals surface area contributed by atoms with E-state index in [9.17, 15) is 9.50 Å². The third-order valence-corrected chi connectivity index (χ3v) is 3.22. The summed E-state index contributed by atoms with van der Waals surface area (Å²) in [5, 5.41) is 9.92. The van der Waals surface area contributed by atoms with Crippen LogP contribution >= 0.6 is 15.9 Å². The molecule has 2 unspecified atom stereocenters. The van der Waals surface area contributed by atoms with Gasteiger partial charge in [0.05, 0.1) is 12.2 Å². The van der Waals surface area contributed by atoms with E-state index in [4.69, 9.17) is 4.74 Å². The number of aliphatic hydroxyl groups is 1. The lowest BCUT2D eigenvalue weighted by molar-refractivity contribution is -0.000803. The summed E-state index contributed by atoms with van der Waals surface area (Å²) in [6.07, 6.45) is 1.67. The molecule has 16 heavy (non-hydrogen) atoms. The Morgan fingerprint density at radius 3 is 2.94 bits per heavy atom. The molecule has 2 atom stereocenters. The topological polar surface area (TPSA) is 29.5 Å². The minimum atomic E-state index is -0.545. The van der Waals surface area contributed by atoms with Gasteiger partial charge in [0.2, 0.25) is 0 Å². The van der Waals surface area contributed by atoms with Crippen molar-refractivity contribution in [2.75, 3.05) is 6.61 Å². The summed E-state index contributed by atoms with van der Waals surface area (Å²) in [5.74, 6) is -0.288. The van der Waals surface area contributed by atoms with Crippen molar-refractivity contribution < 1.29 is 14.2 Å². The first-order chi connectivity index (χ1) is 7.65. The highest BCUT2D eigenvalue weighted by atomic mass is 79.9. The Labute approximate surface area is 103 Å². The van der Waals surface area contributed by atoms with Gasteiger partial charge in [0.25, 0.3) is 0 Å². The van der Waals surface area contributed by atoms with E-state index in [2.05, 4.69) is 15.9 Å². The number of hydrogen-bond donors (Lipinski definition) is 1. The van der Waals surface area contributed by atoms with Crippen molar-refractivity contribution in [1.29, 1.82) is 0 Å². The lowest BCUT2D eigenvalue weighted by Gasteiger charge is -2.17. The molecule has 1 heterocycles. The Kier molecular flexibility index (Phi) is 3.95. The lowest BCUT2D eigenvalue weighted by atomic mass is 10.0. The molecule has 2 rings (SSSR count). The minimum Gasteiger partial charge on any atom is -0.390 e. The van der Waals surface area contributed by atoms with E-state index in [-0.39, 0.29) is 11.9 Å². The summed E-state index contributed by atoms with van der Waals surface area (Å²) in [6.45, 7) is 0.717. The first-order valence-electron chi connectivity index (χ1n) is 5.40. The zero-order valence-corrected chi connectivity index (χ0v) is 10.4. The molecular formula is C12H14BrFO2. The fraction of sp³-hybridized carbons (Fsp3) is 0.500. The summed E-state index contributed by atoms with van der Waals surface area (Å²) < 4.78 is 19.2. The predicted molar refractivity (Wildman–Crippen MR) is 62.8 cm³/mol. The molecule has 1 aliphatic rings. The summed E-state index contributed by atoms with van der Waals surface area (Å²) in [6, 6.07) is 4.67. The Morgan fingerprint density at radius 1 is 1.50 bits per heavy atom. The van der Waals surface area contributed by atoms with E-state index in [0.717, 1.165) is 18.4 Å². The summed E-state index contributed by atoms with van der Waals surface area (Å²) in [7, 11) is 0. The van der Waals surface area contributed by atoms with Crippen LogP contribution in [0.5, 0.6) is 0 Å². The first-order valence-corrected chi connectivity index (χ1v) is 6.19. The van der Waals surface area contributed by atoms with E-state index in [1.54, 1.807) is 0 Å². The van der Waals surface area contributed by atoms with Gasteiger partial charge in [0.15, 0.2) is 0 Å². The van der Waals surface area contributed by atoms with Gasteiger partial charge < -0.3 is 9.84 Å². The summed E-state index contributed by atoms with van der Waals surface area (Å²) in [4.78, 5) is 0. The van der Waals surface area contributed by atoms with Crippen LogP contribution in [0.4, 0.5) is 4.39 Å². The van der Waals surface area contributed by atoms with Gasteiger partial charge in [-0.25, -0.2) is 4.39 Å². The highest BCUT2D eigenvalue weighted by Gasteiger charge is 2.24. The molecule has 2 nitrogen and oxygen atoms in total. The Hall–Kier alpha value is -0.450. The smallest absolute Gasteiger partial charge is 0.124 e. The normalized spacial score (nSPS) is 22.3. The van der Waals surface area contributed by atoms with Crippen LogP contribution in [0.25, 0.3) is 0 Å². The number of hydrogen-bond acceptors (Lipinski definition) is 2. The van der Waals surface area contributed by atoms with Crippen LogP contribution in [0.2, 0.25) is 0 Å². The average molecular weight is 289 g/mol. The molecule has 1 aromatic rings. The average Bonchev–Trinajstić information content (AvgIpc) is 2.68. The number of aliphatic hydroxyl groups excluding tert-OH is 1. The van der Waals surface area contributed by atoms with Gasteiger partial charge in [0.1, 0.15) is 5.82 Å². The van der Waals surface area contributed by atoms with Crippen molar-refractivity contribution >= 4 is 15.9 Å². The van der Waals surface area contributed by atoms with E-state index in [1.165, 1.54) is 12.1 Å². The molecule has 0 spiro atoms. The zero-order chi connectivity index (χ0) is 11.5. The Morgan fingerprint density at radius 2 is 2.31 bits per heavy atom. The molecule has 1 saturated heterocycles. The second kappa shape index (κ2) is 5.25. The molecule has 0 aliphatic carbocycles. The molecule has 1 aromatic carbocycles. The molecule has 0 radical (unpaired) electrons. The van der Waals surface area contributed by atoms with Gasteiger partial charge in [-0.15, -0.1) is 0 Å². The van der Waals surface area contributed by atoms with Crippen LogP contribution in [0.1, 0.15) is 18.4 Å². The van der Waals surface area contributed by atoms with Gasteiger partial charge >= 0.3 is 0 Å². The van der Waals surface area contributed by atoms with Crippen molar-refractivity contribution in [2.24, 2.45) is 0 Å². The van der Waals surface area contributed by atoms with Gasteiger partial charge in [-0.1, -0.05) is 15.9 Å². The molecule has 0 aromatic heterocycles. The van der Waals surface area contributed by atoms with Gasteiger partial charge in [-0.3, -0.25) is 0 Å². The third-order valence-electron chi connectivity index (χ3n) is 2.76. The van der Waals surface area contributed by atoms with Gasteiger partial charge in [-0.05, 0) is 36.6 Å². The maximum atomic E-state index is 13.1. The molecule has 1 aliphatic heterocycles. The number of halogens is 2. The predicted octanol–water partition coefficient (Wildman–Crippen LogP) is 2.67. The second-order valence-electron chi connectivity index (χ2n) is 4.10. The largest absolute Gasteiger partial charge is 0.390 e. The molecule has 1 fully saturated rings. The third kappa shape index (κ3) is 3.03. The maximum Gasteiger partial charge on any atom is 0.124 e. The summed E-state index contributed by atoms with van der Waals surface area (Å²) >= 11 is 3.23. The minimum absolute atomic E-state index is 0.0953. The van der Waals surface area contributed by atoms with E-state index >= 15 is 0 Å². The van der Waals surface area contributed by atoms with Crippen molar-refractivity contribution in [3.8, 4) is 0 Å². The summed E-state index contributed by atoms with van der Waals surface area (Å²) in [5.41, 5.74) is 0.787. The number of benzene rings is 1. The van der Waals surface area contributed by atoms with Gasteiger partial charge in [0, 0.05) is 17.5 Å². The van der Waals surface area contributed by atoms with Crippen molar-refractivity contribution in [1.82, 2.24) is 0 Å². The highest BCUT2D eigenvalue weighted by Crippen LogP contribution is 2.21. The van der Waals surface area contributed by atoms with Crippen LogP contribution in [-0.4, -0.2) is 23.9 Å². The van der Waals surface area contributed by atoms with Gasteiger partial charge in [-0.2, -0.15) is 0 Å². The maximum absolute atomic E-state index is 13.1. The fourth-order valence-corrected chi connectivity index (χ4v) is 2.52. The van der Waals surface area contributed by atoms with Crippen LogP contribution in [0.15, 0.2) is 22.7 Å². The lowest BCUT2D eigenvalue weighted by Crippen LogP contribution is -2.27. The monoisotopic (exact) mass is 288 g/mol. The molecule has 0 amide bonds. The van der Waals surface area contributed by atoms with Crippen molar-refractivity contribution in [3.05, 3.63) is 34.1 Å². The van der Waals surface area contributed by atoms with Crippen molar-refractivity contribution in [3.63, 3.8) is 0 Å². The molecule has 1 N–H and O–H groups in total. The molecule has 4 heteroatoms. The van der Waals surface area contributed by atoms with E-state index < -0.39 is 6.10 Å². The second-order valence-corrected chi connectivity index (χ2v) is 5.02. The van der Waals surface area contributed by atoms with Crippen LogP contribution in [0, 0.1) is 5.82 Å². The molecule has 88 valence electrons. The van der Waals surface area contributed by atoms with E-state index in [1.807, 2.05) is 6.07 Å². The Balaban J connectivity index is 2.02. The van der Waals surface area contributed by atoms with E-state index in [0.29, 0.717) is 17.5 Å². The SMILES string of the molecule is OC(Cc1cc(F)cc(Br)c1)C1CCCO1. The molecule has 0 bridgehead atoms. The number of ether oxygens (including phenoxy) is 1. The van der Waals surface area contributed by atoms with Crippen molar-refractivity contribution in [2.45, 2.75) is 31.5 Å². The quantitative estimate of drug-likeness (QED) is 0.927. The Bertz CT molecular complexity index is 344. The first kappa shape index (κ1) is 12.0. The standard InChI is InChI=1S/C12H14BrFO2/c13-9-4-8(5-10(14)7-9)6-11(15)12-2-1-3-16-12/h4-5,7,11-12,15H,1-3,6H2. The van der Waals surface area contributed by atoms with Crippen LogP contribution in [0.3, 0.4) is 0 Å². The van der Waals surface area contributed by atoms with Crippen LogP contribution < -0.4 is 0 Å². The number of rotatable bonds is 3. The molecule has 0 saturated carbocycles. The highest BCUT2D eigenvalue weighted by molar-refractivity contribution is 9.10. The van der Waals surface area contributed by atoms with Crippen LogP contribution in [-0.2, 0) is 11.2 Å². The molecular weight excluding hydrogens is 275 g/mol.